The fraction of sp³-hybridized carbons (Fsp3) is 0.308. The van der Waals surface area contributed by atoms with Crippen LogP contribution in [0.4, 0.5) is 0 Å². The van der Waals surface area contributed by atoms with Crippen LogP contribution in [0.1, 0.15) is 30.4 Å². The standard InChI is InChI=1S/C26H32N4O3/c1-3-16-32-23-11-13-24(14-12-23)33-25-21(10-7-15-28-25)17-29-26(27-2)30-18-22(19-31)20-8-5-4-6-9-20/h4-15,22,31H,3,16-19H2,1-2H3,(H2,27,29,30). The first-order chi connectivity index (χ1) is 16.2. The molecule has 2 aromatic carbocycles. The number of hydrogen-bond acceptors (Lipinski definition) is 5. The van der Waals surface area contributed by atoms with Gasteiger partial charge in [-0.3, -0.25) is 4.99 Å². The molecule has 7 heteroatoms. The minimum atomic E-state index is -0.0219. The second kappa shape index (κ2) is 13.1. The molecule has 7 nitrogen and oxygen atoms in total. The van der Waals surface area contributed by atoms with Gasteiger partial charge in [-0.25, -0.2) is 4.98 Å². The van der Waals surface area contributed by atoms with Crippen molar-refractivity contribution in [1.29, 1.82) is 0 Å². The molecule has 0 saturated carbocycles. The number of rotatable bonds is 11. The van der Waals surface area contributed by atoms with Crippen molar-refractivity contribution in [2.45, 2.75) is 25.8 Å². The summed E-state index contributed by atoms with van der Waals surface area (Å²) in [4.78, 5) is 8.68. The molecule has 1 heterocycles. The zero-order chi connectivity index (χ0) is 23.3. The molecule has 0 aliphatic heterocycles. The van der Waals surface area contributed by atoms with E-state index in [4.69, 9.17) is 9.47 Å². The number of benzene rings is 2. The van der Waals surface area contributed by atoms with Crippen LogP contribution in [0.25, 0.3) is 0 Å². The van der Waals surface area contributed by atoms with Gasteiger partial charge in [0.25, 0.3) is 0 Å². The fourth-order valence-corrected chi connectivity index (χ4v) is 3.22. The summed E-state index contributed by atoms with van der Waals surface area (Å²) >= 11 is 0. The molecule has 0 spiro atoms. The van der Waals surface area contributed by atoms with Crippen molar-refractivity contribution in [2.75, 3.05) is 26.8 Å². The number of nitrogens with one attached hydrogen (secondary N) is 2. The van der Waals surface area contributed by atoms with Gasteiger partial charge in [-0.05, 0) is 42.3 Å². The number of aromatic nitrogens is 1. The minimum Gasteiger partial charge on any atom is -0.494 e. The molecule has 1 unspecified atom stereocenters. The summed E-state index contributed by atoms with van der Waals surface area (Å²) in [5.41, 5.74) is 1.98. The summed E-state index contributed by atoms with van der Waals surface area (Å²) in [5, 5.41) is 16.4. The van der Waals surface area contributed by atoms with Crippen molar-refractivity contribution in [3.63, 3.8) is 0 Å². The highest BCUT2D eigenvalue weighted by atomic mass is 16.5. The quantitative estimate of drug-likeness (QED) is 0.302. The number of aliphatic hydroxyl groups is 1. The molecular weight excluding hydrogens is 416 g/mol. The van der Waals surface area contributed by atoms with E-state index >= 15 is 0 Å². The van der Waals surface area contributed by atoms with Crippen LogP contribution in [0.2, 0.25) is 0 Å². The Morgan fingerprint density at radius 1 is 1.00 bits per heavy atom. The van der Waals surface area contributed by atoms with Gasteiger partial charge in [0.05, 0.1) is 13.2 Å². The molecule has 174 valence electrons. The van der Waals surface area contributed by atoms with Gasteiger partial charge in [0.15, 0.2) is 5.96 Å². The molecule has 0 aliphatic rings. The molecule has 0 radical (unpaired) electrons. The molecule has 3 rings (SSSR count). The lowest BCUT2D eigenvalue weighted by Gasteiger charge is -2.18. The fourth-order valence-electron chi connectivity index (χ4n) is 3.22. The largest absolute Gasteiger partial charge is 0.494 e. The lowest BCUT2D eigenvalue weighted by atomic mass is 10.0. The number of ether oxygens (including phenoxy) is 2. The van der Waals surface area contributed by atoms with Crippen molar-refractivity contribution < 1.29 is 14.6 Å². The number of nitrogens with zero attached hydrogens (tertiary/aromatic N) is 2. The van der Waals surface area contributed by atoms with E-state index in [1.54, 1.807) is 13.2 Å². The van der Waals surface area contributed by atoms with Crippen LogP contribution in [0.3, 0.4) is 0 Å². The lowest BCUT2D eigenvalue weighted by molar-refractivity contribution is 0.265. The number of hydrogen-bond donors (Lipinski definition) is 3. The maximum Gasteiger partial charge on any atom is 0.224 e. The number of aliphatic imine (C=N–C) groups is 1. The van der Waals surface area contributed by atoms with Gasteiger partial charge in [-0.15, -0.1) is 0 Å². The van der Waals surface area contributed by atoms with E-state index in [1.165, 1.54) is 0 Å². The number of pyridine rings is 1. The van der Waals surface area contributed by atoms with Crippen LogP contribution >= 0.6 is 0 Å². The highest BCUT2D eigenvalue weighted by Gasteiger charge is 2.12. The zero-order valence-corrected chi connectivity index (χ0v) is 19.2. The zero-order valence-electron chi connectivity index (χ0n) is 19.2. The van der Waals surface area contributed by atoms with Crippen LogP contribution < -0.4 is 20.1 Å². The van der Waals surface area contributed by atoms with Crippen LogP contribution in [0.15, 0.2) is 77.9 Å². The first kappa shape index (κ1) is 24.1. The molecular formula is C26H32N4O3. The van der Waals surface area contributed by atoms with E-state index in [2.05, 4.69) is 27.5 Å². The van der Waals surface area contributed by atoms with Gasteiger partial charge in [0.2, 0.25) is 5.88 Å². The van der Waals surface area contributed by atoms with E-state index in [9.17, 15) is 5.11 Å². The molecule has 0 amide bonds. The van der Waals surface area contributed by atoms with Gasteiger partial charge in [0, 0.05) is 37.8 Å². The molecule has 0 saturated heterocycles. The van der Waals surface area contributed by atoms with Gasteiger partial charge < -0.3 is 25.2 Å². The molecule has 0 aliphatic carbocycles. The average Bonchev–Trinajstić information content (AvgIpc) is 2.87. The van der Waals surface area contributed by atoms with Crippen molar-refractivity contribution in [1.82, 2.24) is 15.6 Å². The Hall–Kier alpha value is -3.58. The second-order valence-electron chi connectivity index (χ2n) is 7.49. The smallest absolute Gasteiger partial charge is 0.224 e. The average molecular weight is 449 g/mol. The third-order valence-corrected chi connectivity index (χ3v) is 5.04. The van der Waals surface area contributed by atoms with Gasteiger partial charge in [0.1, 0.15) is 11.5 Å². The third-order valence-electron chi connectivity index (χ3n) is 5.04. The summed E-state index contributed by atoms with van der Waals surface area (Å²) < 4.78 is 11.6. The topological polar surface area (TPSA) is 88.0 Å². The van der Waals surface area contributed by atoms with E-state index in [0.717, 1.165) is 23.3 Å². The third kappa shape index (κ3) is 7.50. The Kier molecular flexibility index (Phi) is 9.54. The Morgan fingerprint density at radius 2 is 1.76 bits per heavy atom. The first-order valence-corrected chi connectivity index (χ1v) is 11.2. The van der Waals surface area contributed by atoms with Crippen LogP contribution in [0.5, 0.6) is 17.4 Å². The summed E-state index contributed by atoms with van der Waals surface area (Å²) in [6.45, 7) is 3.86. The monoisotopic (exact) mass is 448 g/mol. The van der Waals surface area contributed by atoms with Crippen molar-refractivity contribution in [3.05, 3.63) is 84.1 Å². The Bertz CT molecular complexity index is 994. The predicted octanol–water partition coefficient (Wildman–Crippen LogP) is 4.10. The Morgan fingerprint density at radius 3 is 2.45 bits per heavy atom. The summed E-state index contributed by atoms with van der Waals surface area (Å²) in [6, 6.07) is 21.3. The van der Waals surface area contributed by atoms with E-state index in [0.29, 0.717) is 37.3 Å². The molecule has 33 heavy (non-hydrogen) atoms. The number of aliphatic hydroxyl groups excluding tert-OH is 1. The van der Waals surface area contributed by atoms with E-state index in [1.807, 2.05) is 66.7 Å². The Labute approximate surface area is 195 Å². The maximum absolute atomic E-state index is 9.78. The molecule has 0 fully saturated rings. The predicted molar refractivity (Wildman–Crippen MR) is 131 cm³/mol. The molecule has 3 aromatic rings. The summed E-state index contributed by atoms with van der Waals surface area (Å²) in [6.07, 6.45) is 2.67. The second-order valence-corrected chi connectivity index (χ2v) is 7.49. The SMILES string of the molecule is CCCOc1ccc(Oc2ncccc2CNC(=NC)NCC(CO)c2ccccc2)cc1. The lowest BCUT2D eigenvalue weighted by Crippen LogP contribution is -2.39. The van der Waals surface area contributed by atoms with Crippen molar-refractivity contribution >= 4 is 5.96 Å². The van der Waals surface area contributed by atoms with Gasteiger partial charge in [-0.1, -0.05) is 43.3 Å². The van der Waals surface area contributed by atoms with Gasteiger partial charge >= 0.3 is 0 Å². The minimum absolute atomic E-state index is 0.0219. The Balaban J connectivity index is 1.57. The first-order valence-electron chi connectivity index (χ1n) is 11.2. The van der Waals surface area contributed by atoms with Crippen molar-refractivity contribution in [2.24, 2.45) is 4.99 Å². The highest BCUT2D eigenvalue weighted by molar-refractivity contribution is 5.79. The van der Waals surface area contributed by atoms with Crippen molar-refractivity contribution in [3.8, 4) is 17.4 Å². The summed E-state index contributed by atoms with van der Waals surface area (Å²) in [5.74, 6) is 2.65. The maximum atomic E-state index is 9.78. The summed E-state index contributed by atoms with van der Waals surface area (Å²) in [7, 11) is 1.72. The van der Waals surface area contributed by atoms with Gasteiger partial charge in [-0.2, -0.15) is 0 Å². The highest BCUT2D eigenvalue weighted by Crippen LogP contribution is 2.25. The van der Waals surface area contributed by atoms with E-state index < -0.39 is 0 Å². The van der Waals surface area contributed by atoms with Crippen LogP contribution in [-0.4, -0.2) is 42.9 Å². The molecule has 1 atom stereocenters. The van der Waals surface area contributed by atoms with Crippen LogP contribution in [-0.2, 0) is 6.54 Å². The van der Waals surface area contributed by atoms with Crippen LogP contribution in [0, 0.1) is 0 Å². The number of guanidine groups is 1. The normalized spacial score (nSPS) is 12.2. The molecule has 0 bridgehead atoms. The molecule has 1 aromatic heterocycles. The molecule has 3 N–H and O–H groups in total. The van der Waals surface area contributed by atoms with E-state index in [-0.39, 0.29) is 12.5 Å².